The first-order chi connectivity index (χ1) is 4.15. The highest BCUT2D eigenvalue weighted by atomic mass is 16.6. The molecule has 0 unspecified atom stereocenters. The lowest BCUT2D eigenvalue weighted by Crippen LogP contribution is -1.81. The molecule has 0 heterocycles. The molecule has 0 saturated heterocycles. The monoisotopic (exact) mass is 136 g/mol. The molecular formula is C5H12O4. The molecule has 0 fully saturated rings. The predicted molar refractivity (Wildman–Crippen MR) is 34.7 cm³/mol. The Morgan fingerprint density at radius 2 is 1.44 bits per heavy atom. The van der Waals surface area contributed by atoms with Gasteiger partial charge in [0.05, 0.1) is 0 Å². The van der Waals surface area contributed by atoms with Gasteiger partial charge >= 0.3 is 6.16 Å². The van der Waals surface area contributed by atoms with Gasteiger partial charge < -0.3 is 15.3 Å². The van der Waals surface area contributed by atoms with Crippen LogP contribution in [0.3, 0.4) is 0 Å². The van der Waals surface area contributed by atoms with E-state index in [9.17, 15) is 0 Å². The van der Waals surface area contributed by atoms with Crippen molar-refractivity contribution in [3.8, 4) is 0 Å². The topological polar surface area (TPSA) is 77.8 Å². The summed E-state index contributed by atoms with van der Waals surface area (Å²) in [5, 5.41) is 21.5. The molecule has 0 radical (unpaired) electrons. The summed E-state index contributed by atoms with van der Waals surface area (Å²) in [6.07, 6.45) is -1.83. The predicted octanol–water partition coefficient (Wildman–Crippen LogP) is 1.02. The summed E-state index contributed by atoms with van der Waals surface area (Å²) in [6, 6.07) is 0. The van der Waals surface area contributed by atoms with Crippen LogP contribution in [0.25, 0.3) is 0 Å². The number of aliphatic hydroxyl groups is 1. The number of rotatable bonds is 0. The molecule has 4 heteroatoms. The third-order valence-corrected chi connectivity index (χ3v) is 0. The molecule has 0 saturated carbocycles. The fourth-order valence-electron chi connectivity index (χ4n) is 0. The van der Waals surface area contributed by atoms with Crippen molar-refractivity contribution in [2.75, 3.05) is 6.61 Å². The highest BCUT2D eigenvalue weighted by molar-refractivity contribution is 5.53. The lowest BCUT2D eigenvalue weighted by molar-refractivity contribution is 0.137. The number of hydrogen-bond donors (Lipinski definition) is 3. The average Bonchev–Trinajstić information content (AvgIpc) is 1.71. The molecular weight excluding hydrogens is 124 g/mol. The van der Waals surface area contributed by atoms with Crippen LogP contribution in [-0.4, -0.2) is 28.1 Å². The van der Waals surface area contributed by atoms with E-state index in [0.717, 1.165) is 0 Å². The van der Waals surface area contributed by atoms with Gasteiger partial charge in [-0.05, 0) is 6.92 Å². The Balaban J connectivity index is -0.0000000646. The van der Waals surface area contributed by atoms with Gasteiger partial charge in [-0.15, -0.1) is 13.2 Å². The van der Waals surface area contributed by atoms with E-state index in [0.29, 0.717) is 0 Å². The van der Waals surface area contributed by atoms with Crippen LogP contribution in [0.15, 0.2) is 13.2 Å². The molecule has 56 valence electrons. The van der Waals surface area contributed by atoms with Crippen molar-refractivity contribution in [2.24, 2.45) is 0 Å². The zero-order valence-corrected chi connectivity index (χ0v) is 5.37. The minimum Gasteiger partial charge on any atom is -0.450 e. The summed E-state index contributed by atoms with van der Waals surface area (Å²) in [7, 11) is 0. The number of hydrogen-bond acceptors (Lipinski definition) is 2. The quantitative estimate of drug-likeness (QED) is 0.434. The zero-order chi connectivity index (χ0) is 8.28. The van der Waals surface area contributed by atoms with E-state index in [1.54, 1.807) is 6.92 Å². The van der Waals surface area contributed by atoms with Gasteiger partial charge in [0.1, 0.15) is 0 Å². The summed E-state index contributed by atoms with van der Waals surface area (Å²) in [5.74, 6) is 0. The van der Waals surface area contributed by atoms with E-state index < -0.39 is 6.16 Å². The van der Waals surface area contributed by atoms with Gasteiger partial charge in [0, 0.05) is 6.61 Å². The van der Waals surface area contributed by atoms with Crippen molar-refractivity contribution < 1.29 is 20.1 Å². The van der Waals surface area contributed by atoms with E-state index in [4.69, 9.17) is 20.1 Å². The molecule has 9 heavy (non-hydrogen) atoms. The largest absolute Gasteiger partial charge is 0.503 e. The van der Waals surface area contributed by atoms with Crippen LogP contribution in [0.4, 0.5) is 4.79 Å². The second-order valence-corrected chi connectivity index (χ2v) is 0.599. The average molecular weight is 136 g/mol. The Kier molecular flexibility index (Phi) is 49.0. The highest BCUT2D eigenvalue weighted by Gasteiger charge is 1.70. The molecule has 0 spiro atoms. The van der Waals surface area contributed by atoms with Crippen molar-refractivity contribution in [3.05, 3.63) is 13.2 Å². The van der Waals surface area contributed by atoms with Crippen molar-refractivity contribution in [1.29, 1.82) is 0 Å². The molecule has 4 nitrogen and oxygen atoms in total. The maximum Gasteiger partial charge on any atom is 0.503 e. The first-order valence-electron chi connectivity index (χ1n) is 2.17. The van der Waals surface area contributed by atoms with Crippen molar-refractivity contribution in [3.63, 3.8) is 0 Å². The van der Waals surface area contributed by atoms with Gasteiger partial charge in [0.15, 0.2) is 0 Å². The maximum absolute atomic E-state index is 8.56. The van der Waals surface area contributed by atoms with Gasteiger partial charge in [-0.1, -0.05) is 0 Å². The summed E-state index contributed by atoms with van der Waals surface area (Å²) in [5.41, 5.74) is 0. The van der Waals surface area contributed by atoms with Crippen molar-refractivity contribution in [1.82, 2.24) is 0 Å². The Bertz CT molecular complexity index is 48.9. The third-order valence-electron chi connectivity index (χ3n) is 0. The highest BCUT2D eigenvalue weighted by Crippen LogP contribution is 1.42. The van der Waals surface area contributed by atoms with Crippen LogP contribution in [0.5, 0.6) is 0 Å². The molecule has 0 bridgehead atoms. The van der Waals surface area contributed by atoms with E-state index >= 15 is 0 Å². The normalized spacial score (nSPS) is 5.11. The Morgan fingerprint density at radius 3 is 1.44 bits per heavy atom. The Hall–Kier alpha value is -1.03. The van der Waals surface area contributed by atoms with E-state index in [1.165, 1.54) is 0 Å². The molecule has 0 aromatic heterocycles. The lowest BCUT2D eigenvalue weighted by atomic mass is 10.9. The van der Waals surface area contributed by atoms with E-state index in [-0.39, 0.29) is 6.61 Å². The number of aliphatic hydroxyl groups excluding tert-OH is 1. The molecule has 0 aromatic carbocycles. The summed E-state index contributed by atoms with van der Waals surface area (Å²) in [4.78, 5) is 8.56. The second-order valence-electron chi connectivity index (χ2n) is 0.599. The molecule has 0 aromatic rings. The van der Waals surface area contributed by atoms with Crippen LogP contribution >= 0.6 is 0 Å². The second kappa shape index (κ2) is 28.2. The number of carbonyl (C=O) groups is 1. The van der Waals surface area contributed by atoms with E-state index in [2.05, 4.69) is 13.2 Å². The molecule has 0 rings (SSSR count). The van der Waals surface area contributed by atoms with Gasteiger partial charge in [-0.25, -0.2) is 4.79 Å². The van der Waals surface area contributed by atoms with Crippen LogP contribution in [-0.2, 0) is 0 Å². The van der Waals surface area contributed by atoms with Crippen LogP contribution in [0, 0.1) is 0 Å². The third kappa shape index (κ3) is 162. The minimum atomic E-state index is -1.83. The van der Waals surface area contributed by atoms with Crippen LogP contribution < -0.4 is 0 Å². The number of carboxylic acid groups (broad SMARTS) is 2. The zero-order valence-electron chi connectivity index (χ0n) is 5.37. The molecule has 0 aliphatic carbocycles. The Morgan fingerprint density at radius 1 is 1.44 bits per heavy atom. The van der Waals surface area contributed by atoms with Crippen LogP contribution in [0.2, 0.25) is 0 Å². The minimum absolute atomic E-state index is 0.250. The molecule has 0 atom stereocenters. The summed E-state index contributed by atoms with van der Waals surface area (Å²) >= 11 is 0. The lowest BCUT2D eigenvalue weighted by Gasteiger charge is -1.60. The molecule has 0 aliphatic heterocycles. The smallest absolute Gasteiger partial charge is 0.450 e. The SMILES string of the molecule is C=C.CCO.O=C(O)O. The van der Waals surface area contributed by atoms with Crippen molar-refractivity contribution in [2.45, 2.75) is 6.92 Å². The standard InChI is InChI=1S/C2H6O.C2H4.CH2O3/c1-2-3;1-2;2-1(3)4/h3H,2H2,1H3;1-2H2;(H2,2,3,4). The van der Waals surface area contributed by atoms with Gasteiger partial charge in [0.2, 0.25) is 0 Å². The molecule has 0 aliphatic rings. The van der Waals surface area contributed by atoms with Gasteiger partial charge in [0.25, 0.3) is 0 Å². The first kappa shape index (κ1) is 15.7. The van der Waals surface area contributed by atoms with Crippen LogP contribution in [0.1, 0.15) is 6.92 Å². The van der Waals surface area contributed by atoms with Crippen molar-refractivity contribution >= 4 is 6.16 Å². The maximum atomic E-state index is 8.56. The summed E-state index contributed by atoms with van der Waals surface area (Å²) < 4.78 is 0. The van der Waals surface area contributed by atoms with Gasteiger partial charge in [-0.3, -0.25) is 0 Å². The van der Waals surface area contributed by atoms with Gasteiger partial charge in [-0.2, -0.15) is 0 Å². The summed E-state index contributed by atoms with van der Waals surface area (Å²) in [6.45, 7) is 7.93. The fourth-order valence-corrected chi connectivity index (χ4v) is 0. The first-order valence-corrected chi connectivity index (χ1v) is 2.17. The molecule has 0 amide bonds. The fraction of sp³-hybridized carbons (Fsp3) is 0.400. The van der Waals surface area contributed by atoms with E-state index in [1.807, 2.05) is 0 Å². The Labute approximate surface area is 54.1 Å². The molecule has 3 N–H and O–H groups in total.